The Morgan fingerprint density at radius 2 is 1.79 bits per heavy atom. The highest BCUT2D eigenvalue weighted by Gasteiger charge is 2.23. The molecule has 3 aromatic rings. The fraction of sp³-hybridized carbons (Fsp3) is 0.304. The number of benzene rings is 2. The molecule has 1 saturated heterocycles. The second-order valence-corrected chi connectivity index (χ2v) is 8.38. The van der Waals surface area contributed by atoms with Gasteiger partial charge in [0.15, 0.2) is 0 Å². The van der Waals surface area contributed by atoms with Crippen LogP contribution in [0.15, 0.2) is 71.9 Å². The molecule has 150 valence electrons. The van der Waals surface area contributed by atoms with Crippen LogP contribution >= 0.6 is 11.8 Å². The molecule has 0 aliphatic carbocycles. The summed E-state index contributed by atoms with van der Waals surface area (Å²) in [5.74, 6) is 1.84. The van der Waals surface area contributed by atoms with Crippen LogP contribution in [-0.4, -0.2) is 39.2 Å². The number of halogens is 1. The summed E-state index contributed by atoms with van der Waals surface area (Å²) in [5, 5.41) is 0. The summed E-state index contributed by atoms with van der Waals surface area (Å²) >= 11 is 1.46. The number of nitrogens with zero attached hydrogens (tertiary/aromatic N) is 3. The molecule has 1 amide bonds. The molecule has 1 aliphatic rings. The maximum atomic E-state index is 13.0. The average Bonchev–Trinajstić information content (AvgIpc) is 3.22. The highest BCUT2D eigenvalue weighted by Crippen LogP contribution is 2.25. The summed E-state index contributed by atoms with van der Waals surface area (Å²) in [6.45, 7) is 2.52. The third-order valence-corrected chi connectivity index (χ3v) is 6.34. The Labute approximate surface area is 174 Å². The van der Waals surface area contributed by atoms with Crippen molar-refractivity contribution < 1.29 is 9.18 Å². The van der Waals surface area contributed by atoms with Gasteiger partial charge in [0.05, 0.1) is 5.75 Å². The zero-order valence-corrected chi connectivity index (χ0v) is 17.0. The quantitative estimate of drug-likeness (QED) is 0.553. The highest BCUT2D eigenvalue weighted by molar-refractivity contribution is 8.00. The van der Waals surface area contributed by atoms with Crippen LogP contribution in [0.2, 0.25) is 0 Å². The van der Waals surface area contributed by atoms with E-state index < -0.39 is 0 Å². The Bertz CT molecular complexity index is 934. The van der Waals surface area contributed by atoms with E-state index in [1.807, 2.05) is 35.5 Å². The normalized spacial score (nSPS) is 14.9. The maximum absolute atomic E-state index is 13.0. The first-order chi connectivity index (χ1) is 14.2. The zero-order valence-electron chi connectivity index (χ0n) is 16.2. The molecule has 1 aliphatic heterocycles. The van der Waals surface area contributed by atoms with E-state index in [-0.39, 0.29) is 11.7 Å². The van der Waals surface area contributed by atoms with Gasteiger partial charge >= 0.3 is 0 Å². The molecule has 1 aromatic heterocycles. The van der Waals surface area contributed by atoms with Crippen molar-refractivity contribution in [2.45, 2.75) is 24.3 Å². The number of hydrogen-bond donors (Lipinski definition) is 0. The van der Waals surface area contributed by atoms with E-state index in [2.05, 4.69) is 21.7 Å². The number of aromatic nitrogens is 2. The monoisotopic (exact) mass is 409 g/mol. The molecular formula is C23H24FN3OS. The molecule has 6 heteroatoms. The first kappa shape index (κ1) is 19.7. The van der Waals surface area contributed by atoms with E-state index >= 15 is 0 Å². The van der Waals surface area contributed by atoms with Gasteiger partial charge in [-0.15, -0.1) is 11.8 Å². The highest BCUT2D eigenvalue weighted by atomic mass is 32.2. The van der Waals surface area contributed by atoms with Crippen LogP contribution in [0, 0.1) is 11.7 Å². The summed E-state index contributed by atoms with van der Waals surface area (Å²) in [6, 6.07) is 16.5. The third-order valence-electron chi connectivity index (χ3n) is 5.35. The number of amides is 1. The smallest absolute Gasteiger partial charge is 0.232 e. The summed E-state index contributed by atoms with van der Waals surface area (Å²) < 4.78 is 15.2. The molecule has 2 heterocycles. The molecule has 0 radical (unpaired) electrons. The van der Waals surface area contributed by atoms with Gasteiger partial charge in [-0.1, -0.05) is 30.3 Å². The Kier molecular flexibility index (Phi) is 6.30. The van der Waals surface area contributed by atoms with Crippen LogP contribution in [-0.2, 0) is 11.3 Å². The van der Waals surface area contributed by atoms with Crippen molar-refractivity contribution in [1.29, 1.82) is 0 Å². The summed E-state index contributed by atoms with van der Waals surface area (Å²) in [7, 11) is 0. The van der Waals surface area contributed by atoms with Crippen molar-refractivity contribution in [2.75, 3.05) is 18.8 Å². The number of carbonyl (C=O) groups excluding carboxylic acids is 1. The Balaban J connectivity index is 1.27. The standard InChI is InChI=1S/C23H24FN3OS/c24-20-6-8-21(9-7-20)29-17-22(28)26-13-10-18(11-14-26)16-27-15-12-25-23(27)19-4-2-1-3-5-19/h1-9,12,15,18H,10-11,13-14,16-17H2. The SMILES string of the molecule is O=C(CSc1ccc(F)cc1)N1CCC(Cn2ccnc2-c2ccccc2)CC1. The van der Waals surface area contributed by atoms with Gasteiger partial charge in [0.2, 0.25) is 5.91 Å². The maximum Gasteiger partial charge on any atom is 0.232 e. The molecular weight excluding hydrogens is 385 g/mol. The van der Waals surface area contributed by atoms with Crippen molar-refractivity contribution in [3.05, 3.63) is 72.8 Å². The molecule has 4 rings (SSSR count). The van der Waals surface area contributed by atoms with Gasteiger partial charge in [0, 0.05) is 42.5 Å². The number of imidazole rings is 1. The average molecular weight is 410 g/mol. The second kappa shape index (κ2) is 9.27. The minimum absolute atomic E-state index is 0.158. The molecule has 0 bridgehead atoms. The Hall–Kier alpha value is -2.60. The minimum Gasteiger partial charge on any atom is -0.342 e. The van der Waals surface area contributed by atoms with E-state index in [4.69, 9.17) is 0 Å². The van der Waals surface area contributed by atoms with Crippen molar-refractivity contribution in [1.82, 2.24) is 14.5 Å². The van der Waals surface area contributed by atoms with E-state index in [1.165, 1.54) is 23.9 Å². The lowest BCUT2D eigenvalue weighted by molar-refractivity contribution is -0.129. The molecule has 4 nitrogen and oxygen atoms in total. The summed E-state index contributed by atoms with van der Waals surface area (Å²) in [5.41, 5.74) is 1.13. The number of piperidine rings is 1. The number of likely N-dealkylation sites (tertiary alicyclic amines) is 1. The molecule has 29 heavy (non-hydrogen) atoms. The van der Waals surface area contributed by atoms with E-state index in [9.17, 15) is 9.18 Å². The van der Waals surface area contributed by atoms with Crippen LogP contribution < -0.4 is 0 Å². The predicted octanol–water partition coefficient (Wildman–Crippen LogP) is 4.72. The van der Waals surface area contributed by atoms with E-state index in [1.54, 1.807) is 12.1 Å². The van der Waals surface area contributed by atoms with Crippen LogP contribution in [0.5, 0.6) is 0 Å². The van der Waals surface area contributed by atoms with Crippen molar-refractivity contribution in [3.63, 3.8) is 0 Å². The first-order valence-electron chi connectivity index (χ1n) is 9.92. The predicted molar refractivity (Wildman–Crippen MR) is 114 cm³/mol. The summed E-state index contributed by atoms with van der Waals surface area (Å²) in [6.07, 6.45) is 5.89. The molecule has 0 N–H and O–H groups in total. The molecule has 0 atom stereocenters. The number of hydrogen-bond acceptors (Lipinski definition) is 3. The lowest BCUT2D eigenvalue weighted by Gasteiger charge is -2.32. The van der Waals surface area contributed by atoms with Gasteiger partial charge in [-0.05, 0) is 43.0 Å². The number of rotatable bonds is 6. The lowest BCUT2D eigenvalue weighted by atomic mass is 9.96. The molecule has 2 aromatic carbocycles. The molecule has 0 unspecified atom stereocenters. The van der Waals surface area contributed by atoms with Crippen molar-refractivity contribution >= 4 is 17.7 Å². The van der Waals surface area contributed by atoms with Crippen LogP contribution in [0.1, 0.15) is 12.8 Å². The fourth-order valence-electron chi connectivity index (χ4n) is 3.71. The third kappa shape index (κ3) is 5.07. The topological polar surface area (TPSA) is 38.1 Å². The molecule has 0 saturated carbocycles. The van der Waals surface area contributed by atoms with Crippen LogP contribution in [0.4, 0.5) is 4.39 Å². The zero-order chi connectivity index (χ0) is 20.1. The van der Waals surface area contributed by atoms with Gasteiger partial charge < -0.3 is 9.47 Å². The van der Waals surface area contributed by atoms with Crippen LogP contribution in [0.3, 0.4) is 0 Å². The Morgan fingerprint density at radius 3 is 2.52 bits per heavy atom. The van der Waals surface area contributed by atoms with Crippen LogP contribution in [0.25, 0.3) is 11.4 Å². The van der Waals surface area contributed by atoms with Gasteiger partial charge in [-0.2, -0.15) is 0 Å². The first-order valence-corrected chi connectivity index (χ1v) is 10.9. The van der Waals surface area contributed by atoms with E-state index in [0.29, 0.717) is 11.7 Å². The molecule has 0 spiro atoms. The van der Waals surface area contributed by atoms with Gasteiger partial charge in [0.25, 0.3) is 0 Å². The van der Waals surface area contributed by atoms with Gasteiger partial charge in [0.1, 0.15) is 11.6 Å². The fourth-order valence-corrected chi connectivity index (χ4v) is 4.52. The molecule has 1 fully saturated rings. The van der Waals surface area contributed by atoms with Crippen molar-refractivity contribution in [3.8, 4) is 11.4 Å². The minimum atomic E-state index is -0.254. The largest absolute Gasteiger partial charge is 0.342 e. The van der Waals surface area contributed by atoms with Crippen molar-refractivity contribution in [2.24, 2.45) is 5.92 Å². The van der Waals surface area contributed by atoms with Gasteiger partial charge in [-0.25, -0.2) is 9.37 Å². The summed E-state index contributed by atoms with van der Waals surface area (Å²) in [4.78, 5) is 19.9. The number of carbonyl (C=O) groups is 1. The van der Waals surface area contributed by atoms with Gasteiger partial charge in [-0.3, -0.25) is 4.79 Å². The van der Waals surface area contributed by atoms with E-state index in [0.717, 1.165) is 48.8 Å². The second-order valence-electron chi connectivity index (χ2n) is 7.34. The Morgan fingerprint density at radius 1 is 1.07 bits per heavy atom. The lowest BCUT2D eigenvalue weighted by Crippen LogP contribution is -2.40. The number of thioether (sulfide) groups is 1.